The van der Waals surface area contributed by atoms with Crippen molar-refractivity contribution in [2.45, 2.75) is 32.2 Å². The molecule has 0 saturated carbocycles. The number of hydrogen-bond donors (Lipinski definition) is 0. The third-order valence-corrected chi connectivity index (χ3v) is 4.75. The van der Waals surface area contributed by atoms with E-state index < -0.39 is 0 Å². The van der Waals surface area contributed by atoms with Crippen LogP contribution in [0.5, 0.6) is 0 Å². The highest BCUT2D eigenvalue weighted by Gasteiger charge is 2.30. The molecule has 1 fully saturated rings. The molecule has 0 aliphatic carbocycles. The second kappa shape index (κ2) is 7.20. The molecule has 2 nitrogen and oxygen atoms in total. The maximum absolute atomic E-state index is 12.3. The predicted molar refractivity (Wildman–Crippen MR) is 82.8 cm³/mol. The number of hydrogen-bond acceptors (Lipinski definition) is 2. The van der Waals surface area contributed by atoms with Crippen LogP contribution in [-0.4, -0.2) is 28.9 Å². The molecule has 1 amide bonds. The van der Waals surface area contributed by atoms with Crippen molar-refractivity contribution in [1.29, 1.82) is 0 Å². The summed E-state index contributed by atoms with van der Waals surface area (Å²) in [6.45, 7) is 2.99. The molecule has 1 saturated heterocycles. The van der Waals surface area contributed by atoms with Gasteiger partial charge in [0.05, 0.1) is 6.04 Å². The molecule has 0 aromatic heterocycles. The summed E-state index contributed by atoms with van der Waals surface area (Å²) in [7, 11) is 0. The van der Waals surface area contributed by atoms with Gasteiger partial charge in [-0.3, -0.25) is 4.79 Å². The second-order valence-electron chi connectivity index (χ2n) is 4.71. The standard InChI is InChI=1S/C15H20ClNOS/c1-2-19-11-9-15(18)17-10-5-8-14(17)12-6-3-4-7-13(12)16/h3-4,6-7,14H,2,5,8-11H2,1H3. The van der Waals surface area contributed by atoms with Crippen LogP contribution in [0.1, 0.15) is 37.8 Å². The number of amides is 1. The van der Waals surface area contributed by atoms with Crippen LogP contribution in [0.15, 0.2) is 24.3 Å². The topological polar surface area (TPSA) is 20.3 Å². The zero-order valence-electron chi connectivity index (χ0n) is 11.3. The molecular weight excluding hydrogens is 278 g/mol. The molecule has 1 unspecified atom stereocenters. The van der Waals surface area contributed by atoms with Crippen LogP contribution in [-0.2, 0) is 4.79 Å². The van der Waals surface area contributed by atoms with Gasteiger partial charge in [0.2, 0.25) is 5.91 Å². The fraction of sp³-hybridized carbons (Fsp3) is 0.533. The van der Waals surface area contributed by atoms with Crippen molar-refractivity contribution in [2.75, 3.05) is 18.1 Å². The first-order valence-electron chi connectivity index (χ1n) is 6.85. The van der Waals surface area contributed by atoms with E-state index in [0.717, 1.165) is 41.5 Å². The van der Waals surface area contributed by atoms with Gasteiger partial charge in [0, 0.05) is 23.7 Å². The zero-order chi connectivity index (χ0) is 13.7. The first-order chi connectivity index (χ1) is 9.24. The lowest BCUT2D eigenvalue weighted by Gasteiger charge is -2.25. The molecule has 1 atom stereocenters. The molecular formula is C15H20ClNOS. The number of thioether (sulfide) groups is 1. The van der Waals surface area contributed by atoms with E-state index in [4.69, 9.17) is 11.6 Å². The van der Waals surface area contributed by atoms with Crippen molar-refractivity contribution in [1.82, 2.24) is 4.90 Å². The first-order valence-corrected chi connectivity index (χ1v) is 8.39. The molecule has 0 spiro atoms. The second-order valence-corrected chi connectivity index (χ2v) is 6.51. The predicted octanol–water partition coefficient (Wildman–Crippen LogP) is 4.15. The molecule has 0 bridgehead atoms. The van der Waals surface area contributed by atoms with Crippen LogP contribution in [0.4, 0.5) is 0 Å². The summed E-state index contributed by atoms with van der Waals surface area (Å²) in [4.78, 5) is 14.3. The minimum absolute atomic E-state index is 0.174. The van der Waals surface area contributed by atoms with Crippen LogP contribution in [0.25, 0.3) is 0 Å². The van der Waals surface area contributed by atoms with Crippen molar-refractivity contribution in [3.8, 4) is 0 Å². The number of rotatable bonds is 5. The third-order valence-electron chi connectivity index (χ3n) is 3.50. The maximum atomic E-state index is 12.3. The Balaban J connectivity index is 2.05. The smallest absolute Gasteiger partial charge is 0.223 e. The van der Waals surface area contributed by atoms with Crippen LogP contribution in [0, 0.1) is 0 Å². The highest BCUT2D eigenvalue weighted by atomic mass is 35.5. The summed E-state index contributed by atoms with van der Waals surface area (Å²) >= 11 is 8.08. The van der Waals surface area contributed by atoms with Gasteiger partial charge in [-0.1, -0.05) is 36.7 Å². The van der Waals surface area contributed by atoms with Crippen molar-refractivity contribution in [3.05, 3.63) is 34.9 Å². The number of halogens is 1. The Morgan fingerprint density at radius 2 is 2.26 bits per heavy atom. The fourth-order valence-corrected chi connectivity index (χ4v) is 3.45. The molecule has 19 heavy (non-hydrogen) atoms. The average Bonchev–Trinajstić information content (AvgIpc) is 2.88. The highest BCUT2D eigenvalue weighted by molar-refractivity contribution is 7.99. The van der Waals surface area contributed by atoms with E-state index in [2.05, 4.69) is 6.92 Å². The monoisotopic (exact) mass is 297 g/mol. The summed E-state index contributed by atoms with van der Waals surface area (Å²) in [6, 6.07) is 8.05. The zero-order valence-corrected chi connectivity index (χ0v) is 12.8. The van der Waals surface area contributed by atoms with Crippen LogP contribution in [0.2, 0.25) is 5.02 Å². The molecule has 1 aliphatic rings. The summed E-state index contributed by atoms with van der Waals surface area (Å²) < 4.78 is 0. The SMILES string of the molecule is CCSCCC(=O)N1CCCC1c1ccccc1Cl. The van der Waals surface area contributed by atoms with Gasteiger partial charge in [-0.05, 0) is 30.2 Å². The average molecular weight is 298 g/mol. The van der Waals surface area contributed by atoms with Gasteiger partial charge >= 0.3 is 0 Å². The molecule has 1 heterocycles. The molecule has 1 aromatic rings. The van der Waals surface area contributed by atoms with E-state index in [1.54, 1.807) is 0 Å². The van der Waals surface area contributed by atoms with Crippen LogP contribution < -0.4 is 0 Å². The number of carbonyl (C=O) groups is 1. The Kier molecular flexibility index (Phi) is 5.59. The van der Waals surface area contributed by atoms with Crippen molar-refractivity contribution < 1.29 is 4.79 Å². The fourth-order valence-electron chi connectivity index (χ4n) is 2.58. The van der Waals surface area contributed by atoms with E-state index in [1.165, 1.54) is 0 Å². The Bertz CT molecular complexity index is 438. The van der Waals surface area contributed by atoms with Crippen molar-refractivity contribution >= 4 is 29.3 Å². The van der Waals surface area contributed by atoms with Gasteiger partial charge in [-0.2, -0.15) is 11.8 Å². The lowest BCUT2D eigenvalue weighted by Crippen LogP contribution is -2.30. The Labute approximate surface area is 124 Å². The summed E-state index contributed by atoms with van der Waals surface area (Å²) in [5.74, 6) is 2.26. The summed E-state index contributed by atoms with van der Waals surface area (Å²) in [6.07, 6.45) is 2.73. The van der Waals surface area contributed by atoms with E-state index in [1.807, 2.05) is 40.9 Å². The molecule has 0 radical (unpaired) electrons. The Hall–Kier alpha value is -0.670. The summed E-state index contributed by atoms with van der Waals surface area (Å²) in [5, 5.41) is 0.773. The van der Waals surface area contributed by atoms with Gasteiger partial charge in [0.15, 0.2) is 0 Å². The highest BCUT2D eigenvalue weighted by Crippen LogP contribution is 2.36. The van der Waals surface area contributed by atoms with E-state index in [-0.39, 0.29) is 11.9 Å². The Morgan fingerprint density at radius 1 is 1.47 bits per heavy atom. The lowest BCUT2D eigenvalue weighted by molar-refractivity contribution is -0.131. The van der Waals surface area contributed by atoms with E-state index in [0.29, 0.717) is 6.42 Å². The minimum Gasteiger partial charge on any atom is -0.336 e. The number of likely N-dealkylation sites (tertiary alicyclic amines) is 1. The Morgan fingerprint density at radius 3 is 3.00 bits per heavy atom. The quantitative estimate of drug-likeness (QED) is 0.761. The van der Waals surface area contributed by atoms with Gasteiger partial charge in [0.1, 0.15) is 0 Å². The normalized spacial score (nSPS) is 18.8. The molecule has 0 N–H and O–H groups in total. The van der Waals surface area contributed by atoms with E-state index in [9.17, 15) is 4.79 Å². The molecule has 104 valence electrons. The lowest BCUT2D eigenvalue weighted by atomic mass is 10.0. The van der Waals surface area contributed by atoms with Crippen molar-refractivity contribution in [2.24, 2.45) is 0 Å². The van der Waals surface area contributed by atoms with Gasteiger partial charge in [-0.25, -0.2) is 0 Å². The van der Waals surface area contributed by atoms with Gasteiger partial charge in [-0.15, -0.1) is 0 Å². The number of benzene rings is 1. The molecule has 2 rings (SSSR count). The van der Waals surface area contributed by atoms with Crippen LogP contribution >= 0.6 is 23.4 Å². The van der Waals surface area contributed by atoms with Crippen molar-refractivity contribution in [3.63, 3.8) is 0 Å². The van der Waals surface area contributed by atoms with Gasteiger partial charge < -0.3 is 4.90 Å². The maximum Gasteiger partial charge on any atom is 0.223 e. The first kappa shape index (κ1) is 14.7. The third kappa shape index (κ3) is 3.67. The summed E-state index contributed by atoms with van der Waals surface area (Å²) in [5.41, 5.74) is 1.10. The number of nitrogens with zero attached hydrogens (tertiary/aromatic N) is 1. The number of carbonyl (C=O) groups excluding carboxylic acids is 1. The molecule has 4 heteroatoms. The largest absolute Gasteiger partial charge is 0.336 e. The van der Waals surface area contributed by atoms with E-state index >= 15 is 0 Å². The molecule has 1 aliphatic heterocycles. The molecule has 1 aromatic carbocycles. The van der Waals surface area contributed by atoms with Gasteiger partial charge in [0.25, 0.3) is 0 Å². The van der Waals surface area contributed by atoms with Crippen LogP contribution in [0.3, 0.4) is 0 Å². The minimum atomic E-state index is 0.174.